The van der Waals surface area contributed by atoms with Gasteiger partial charge in [0.25, 0.3) is 0 Å². The Bertz CT molecular complexity index is 555. The molecule has 0 spiro atoms. The molecule has 94 valence electrons. The molecule has 18 heavy (non-hydrogen) atoms. The Morgan fingerprint density at radius 3 is 2.50 bits per heavy atom. The van der Waals surface area contributed by atoms with Gasteiger partial charge in [0.15, 0.2) is 5.78 Å². The van der Waals surface area contributed by atoms with Crippen LogP contribution < -0.4 is 0 Å². The third-order valence-electron chi connectivity index (χ3n) is 3.26. The summed E-state index contributed by atoms with van der Waals surface area (Å²) in [6.45, 7) is 5.82. The van der Waals surface area contributed by atoms with Gasteiger partial charge in [0, 0.05) is 22.9 Å². The maximum Gasteiger partial charge on any atom is 0.199 e. The number of carbonyl (C=O) groups excluding carboxylic acids is 1. The molecule has 0 amide bonds. The summed E-state index contributed by atoms with van der Waals surface area (Å²) in [4.78, 5) is 16.7. The van der Waals surface area contributed by atoms with Crippen molar-refractivity contribution >= 4 is 17.3 Å². The average Bonchev–Trinajstić information content (AvgIpc) is 2.62. The second-order valence-corrected chi connectivity index (χ2v) is 4.57. The van der Waals surface area contributed by atoms with E-state index in [0.717, 1.165) is 6.42 Å². The molecule has 0 saturated carbocycles. The summed E-state index contributed by atoms with van der Waals surface area (Å²) >= 11 is 0. The fourth-order valence-corrected chi connectivity index (χ4v) is 2.09. The number of hydrogen-bond donors (Lipinski definition) is 1. The molecule has 1 unspecified atom stereocenters. The topological polar surface area (TPSA) is 49.7 Å². The van der Waals surface area contributed by atoms with Crippen LogP contribution >= 0.6 is 0 Å². The predicted molar refractivity (Wildman–Crippen MR) is 73.2 cm³/mol. The van der Waals surface area contributed by atoms with Crippen molar-refractivity contribution in [3.63, 3.8) is 0 Å². The number of aliphatic hydroxyl groups excluding tert-OH is 1. The SMILES string of the molecule is CCC(C)N=C(C)C1=C(O)c2ccccc2C1=O. The Hall–Kier alpha value is -1.90. The van der Waals surface area contributed by atoms with Crippen LogP contribution in [0.25, 0.3) is 5.76 Å². The van der Waals surface area contributed by atoms with Crippen LogP contribution in [0.15, 0.2) is 34.8 Å². The first kappa shape index (κ1) is 12.6. The molecule has 1 aromatic rings. The van der Waals surface area contributed by atoms with Crippen molar-refractivity contribution < 1.29 is 9.90 Å². The molecule has 1 aliphatic carbocycles. The van der Waals surface area contributed by atoms with E-state index >= 15 is 0 Å². The zero-order chi connectivity index (χ0) is 13.3. The zero-order valence-corrected chi connectivity index (χ0v) is 10.9. The quantitative estimate of drug-likeness (QED) is 0.827. The van der Waals surface area contributed by atoms with Gasteiger partial charge in [0.1, 0.15) is 5.76 Å². The Labute approximate surface area is 107 Å². The molecule has 1 N–H and O–H groups in total. The molecule has 0 heterocycles. The summed E-state index contributed by atoms with van der Waals surface area (Å²) in [5.74, 6) is -0.0761. The highest BCUT2D eigenvalue weighted by atomic mass is 16.3. The summed E-state index contributed by atoms with van der Waals surface area (Å²) in [7, 11) is 0. The van der Waals surface area contributed by atoms with Crippen LogP contribution in [0.4, 0.5) is 0 Å². The van der Waals surface area contributed by atoms with Crippen molar-refractivity contribution in [1.82, 2.24) is 0 Å². The van der Waals surface area contributed by atoms with E-state index < -0.39 is 0 Å². The van der Waals surface area contributed by atoms with E-state index in [2.05, 4.69) is 4.99 Å². The molecule has 2 rings (SSSR count). The number of carbonyl (C=O) groups is 1. The van der Waals surface area contributed by atoms with Crippen molar-refractivity contribution in [2.24, 2.45) is 4.99 Å². The van der Waals surface area contributed by atoms with E-state index in [9.17, 15) is 9.90 Å². The van der Waals surface area contributed by atoms with Crippen LogP contribution in [0.3, 0.4) is 0 Å². The normalized spacial score (nSPS) is 17.1. The minimum Gasteiger partial charge on any atom is -0.506 e. The number of rotatable bonds is 3. The lowest BCUT2D eigenvalue weighted by molar-refractivity contribution is 0.104. The average molecular weight is 243 g/mol. The third-order valence-corrected chi connectivity index (χ3v) is 3.26. The van der Waals surface area contributed by atoms with Crippen LogP contribution in [0, 0.1) is 0 Å². The number of Topliss-reactive ketones (excluding diaryl/α,β-unsaturated/α-hetero) is 1. The van der Waals surface area contributed by atoms with Gasteiger partial charge in [-0.15, -0.1) is 0 Å². The Morgan fingerprint density at radius 1 is 1.33 bits per heavy atom. The zero-order valence-electron chi connectivity index (χ0n) is 10.9. The Balaban J connectivity index is 2.46. The van der Waals surface area contributed by atoms with Gasteiger partial charge in [-0.2, -0.15) is 0 Å². The first-order valence-electron chi connectivity index (χ1n) is 6.18. The van der Waals surface area contributed by atoms with Gasteiger partial charge in [-0.25, -0.2) is 0 Å². The second kappa shape index (κ2) is 4.77. The van der Waals surface area contributed by atoms with E-state index in [0.29, 0.717) is 22.4 Å². The minimum atomic E-state index is -0.132. The lowest BCUT2D eigenvalue weighted by Crippen LogP contribution is -2.10. The van der Waals surface area contributed by atoms with Crippen molar-refractivity contribution in [2.75, 3.05) is 0 Å². The molecule has 1 aromatic carbocycles. The highest BCUT2D eigenvalue weighted by Gasteiger charge is 2.30. The van der Waals surface area contributed by atoms with E-state index in [1.807, 2.05) is 19.9 Å². The monoisotopic (exact) mass is 243 g/mol. The summed E-state index contributed by atoms with van der Waals surface area (Å²) in [6, 6.07) is 7.26. The largest absolute Gasteiger partial charge is 0.506 e. The van der Waals surface area contributed by atoms with Crippen molar-refractivity contribution in [3.8, 4) is 0 Å². The van der Waals surface area contributed by atoms with E-state index in [-0.39, 0.29) is 17.6 Å². The molecule has 3 nitrogen and oxygen atoms in total. The van der Waals surface area contributed by atoms with E-state index in [4.69, 9.17) is 0 Å². The van der Waals surface area contributed by atoms with Crippen LogP contribution in [0.2, 0.25) is 0 Å². The molecule has 1 aliphatic rings. The third kappa shape index (κ3) is 1.96. The molecule has 0 aliphatic heterocycles. The smallest absolute Gasteiger partial charge is 0.199 e. The van der Waals surface area contributed by atoms with Gasteiger partial charge in [-0.05, 0) is 20.3 Å². The Kier molecular flexibility index (Phi) is 3.32. The van der Waals surface area contributed by atoms with Crippen LogP contribution in [-0.2, 0) is 0 Å². The molecule has 3 heteroatoms. The summed E-state index contributed by atoms with van der Waals surface area (Å²) in [6.07, 6.45) is 0.909. The lowest BCUT2D eigenvalue weighted by atomic mass is 10.1. The number of fused-ring (bicyclic) bond motifs is 1. The molecular weight excluding hydrogens is 226 g/mol. The predicted octanol–water partition coefficient (Wildman–Crippen LogP) is 3.41. The molecular formula is C15H17NO2. The summed E-state index contributed by atoms with van der Waals surface area (Å²) in [5.41, 5.74) is 2.12. The summed E-state index contributed by atoms with van der Waals surface area (Å²) < 4.78 is 0. The van der Waals surface area contributed by atoms with Crippen LogP contribution in [0.1, 0.15) is 43.1 Å². The van der Waals surface area contributed by atoms with Gasteiger partial charge >= 0.3 is 0 Å². The first-order valence-corrected chi connectivity index (χ1v) is 6.18. The first-order chi connectivity index (χ1) is 8.56. The summed E-state index contributed by atoms with van der Waals surface area (Å²) in [5, 5.41) is 10.1. The number of ketones is 1. The molecule has 0 radical (unpaired) electrons. The van der Waals surface area contributed by atoms with E-state index in [1.165, 1.54) is 0 Å². The molecule has 0 fully saturated rings. The number of hydrogen-bond acceptors (Lipinski definition) is 3. The highest BCUT2D eigenvalue weighted by molar-refractivity contribution is 6.35. The molecule has 0 aromatic heterocycles. The minimum absolute atomic E-state index is 0.0557. The number of aliphatic hydroxyl groups is 1. The molecule has 0 saturated heterocycles. The maximum absolute atomic E-state index is 12.2. The Morgan fingerprint density at radius 2 is 1.94 bits per heavy atom. The number of aliphatic imine (C=N–C) groups is 1. The molecule has 1 atom stereocenters. The number of nitrogens with zero attached hydrogens (tertiary/aromatic N) is 1. The molecule has 0 bridgehead atoms. The van der Waals surface area contributed by atoms with Gasteiger partial charge in [-0.1, -0.05) is 31.2 Å². The van der Waals surface area contributed by atoms with Crippen LogP contribution in [0.5, 0.6) is 0 Å². The van der Waals surface area contributed by atoms with Gasteiger partial charge in [0.2, 0.25) is 0 Å². The number of allylic oxidation sites excluding steroid dienone is 1. The fourth-order valence-electron chi connectivity index (χ4n) is 2.09. The van der Waals surface area contributed by atoms with Crippen molar-refractivity contribution in [2.45, 2.75) is 33.2 Å². The maximum atomic E-state index is 12.2. The van der Waals surface area contributed by atoms with Crippen molar-refractivity contribution in [3.05, 3.63) is 41.0 Å². The highest BCUT2D eigenvalue weighted by Crippen LogP contribution is 2.31. The lowest BCUT2D eigenvalue weighted by Gasteiger charge is -2.06. The van der Waals surface area contributed by atoms with Gasteiger partial charge in [-0.3, -0.25) is 9.79 Å². The van der Waals surface area contributed by atoms with Crippen LogP contribution in [-0.4, -0.2) is 22.6 Å². The fraction of sp³-hybridized carbons (Fsp3) is 0.333. The van der Waals surface area contributed by atoms with E-state index in [1.54, 1.807) is 25.1 Å². The van der Waals surface area contributed by atoms with Gasteiger partial charge < -0.3 is 5.11 Å². The second-order valence-electron chi connectivity index (χ2n) is 4.57. The van der Waals surface area contributed by atoms with Crippen molar-refractivity contribution in [1.29, 1.82) is 0 Å². The number of benzene rings is 1. The standard InChI is InChI=1S/C15H17NO2/c1-4-9(2)16-10(3)13-14(17)11-7-5-6-8-12(11)15(13)18/h5-9,17H,4H2,1-3H3. The van der Waals surface area contributed by atoms with Gasteiger partial charge in [0.05, 0.1) is 5.57 Å².